The molecular weight excluding hydrogens is 466 g/mol. The average molecular weight is 491 g/mol. The van der Waals surface area contributed by atoms with Crippen LogP contribution >= 0.6 is 31.9 Å². The molecule has 0 spiro atoms. The zero-order chi connectivity index (χ0) is 19.1. The molecule has 0 aliphatic carbocycles. The van der Waals surface area contributed by atoms with E-state index in [1.54, 1.807) is 12.1 Å². The summed E-state index contributed by atoms with van der Waals surface area (Å²) in [6.45, 7) is 13.3. The Morgan fingerprint density at radius 3 is 2.00 bits per heavy atom. The Kier molecular flexibility index (Phi) is 6.34. The van der Waals surface area contributed by atoms with Gasteiger partial charge in [-0.1, -0.05) is 57.5 Å². The molecule has 0 fully saturated rings. The van der Waals surface area contributed by atoms with Gasteiger partial charge in [-0.15, -0.1) is 0 Å². The molecule has 25 heavy (non-hydrogen) atoms. The number of anilines is 1. The lowest BCUT2D eigenvalue weighted by molar-refractivity contribution is -0.114. The lowest BCUT2D eigenvalue weighted by Gasteiger charge is -2.42. The Morgan fingerprint density at radius 2 is 1.52 bits per heavy atom. The van der Waals surface area contributed by atoms with Crippen molar-refractivity contribution in [3.63, 3.8) is 0 Å². The standard InChI is InChI=1S/C18H25Br2NO3Si/c1-10(2)25(11(3)4,12(5)6)24-9-21-15-8-13(19)7-14(20)16(15)17(22)18(21)23/h7-8,10-12H,9H2,1-6H3. The Balaban J connectivity index is 2.39. The Hall–Kier alpha value is -0.503. The summed E-state index contributed by atoms with van der Waals surface area (Å²) in [5, 5.41) is 0. The summed E-state index contributed by atoms with van der Waals surface area (Å²) in [6, 6.07) is 3.58. The quantitative estimate of drug-likeness (QED) is 0.368. The number of halogens is 2. The maximum atomic E-state index is 12.5. The van der Waals surface area contributed by atoms with Gasteiger partial charge in [-0.3, -0.25) is 14.5 Å². The van der Waals surface area contributed by atoms with Gasteiger partial charge >= 0.3 is 5.91 Å². The number of amides is 1. The molecule has 0 radical (unpaired) electrons. The summed E-state index contributed by atoms with van der Waals surface area (Å²) in [6.07, 6.45) is 0. The number of Topliss-reactive ketones (excluding diaryl/α,β-unsaturated/α-hetero) is 1. The van der Waals surface area contributed by atoms with E-state index in [1.807, 2.05) is 0 Å². The fourth-order valence-electron chi connectivity index (χ4n) is 4.14. The third-order valence-corrected chi connectivity index (χ3v) is 12.3. The normalized spacial score (nSPS) is 15.1. The monoisotopic (exact) mass is 489 g/mol. The molecule has 0 unspecified atom stereocenters. The van der Waals surface area contributed by atoms with Crippen molar-refractivity contribution in [1.82, 2.24) is 0 Å². The number of benzene rings is 1. The molecule has 138 valence electrons. The van der Waals surface area contributed by atoms with Crippen LogP contribution in [0.2, 0.25) is 16.6 Å². The fourth-order valence-corrected chi connectivity index (χ4v) is 10.9. The van der Waals surface area contributed by atoms with Crippen molar-refractivity contribution in [2.24, 2.45) is 0 Å². The Morgan fingerprint density at radius 1 is 1.00 bits per heavy atom. The first-order chi connectivity index (χ1) is 11.5. The van der Waals surface area contributed by atoms with Crippen LogP contribution in [0.3, 0.4) is 0 Å². The molecule has 1 aliphatic rings. The molecule has 0 aromatic heterocycles. The number of rotatable bonds is 6. The molecule has 0 bridgehead atoms. The lowest BCUT2D eigenvalue weighted by Crippen LogP contribution is -2.50. The third kappa shape index (κ3) is 3.53. The van der Waals surface area contributed by atoms with Crippen LogP contribution in [0.15, 0.2) is 21.1 Å². The minimum Gasteiger partial charge on any atom is -0.398 e. The number of hydrogen-bond donors (Lipinski definition) is 0. The minimum absolute atomic E-state index is 0.126. The highest BCUT2D eigenvalue weighted by Crippen LogP contribution is 2.43. The molecule has 1 heterocycles. The Bertz CT molecular complexity index is 682. The van der Waals surface area contributed by atoms with Crippen LogP contribution in [0.4, 0.5) is 5.69 Å². The van der Waals surface area contributed by atoms with Crippen molar-refractivity contribution in [3.05, 3.63) is 26.6 Å². The number of carbonyl (C=O) groups excluding carboxylic acids is 2. The second-order valence-corrected chi connectivity index (χ2v) is 14.7. The molecule has 0 saturated heterocycles. The lowest BCUT2D eigenvalue weighted by atomic mass is 10.1. The van der Waals surface area contributed by atoms with E-state index in [1.165, 1.54) is 4.90 Å². The number of carbonyl (C=O) groups is 2. The summed E-state index contributed by atoms with van der Waals surface area (Å²) in [4.78, 5) is 26.4. The molecule has 0 atom stereocenters. The summed E-state index contributed by atoms with van der Waals surface area (Å²) < 4.78 is 7.95. The van der Waals surface area contributed by atoms with Crippen LogP contribution in [-0.2, 0) is 9.22 Å². The van der Waals surface area contributed by atoms with Gasteiger partial charge in [0.25, 0.3) is 5.78 Å². The zero-order valence-corrected chi connectivity index (χ0v) is 19.7. The first kappa shape index (κ1) is 20.8. The highest BCUT2D eigenvalue weighted by atomic mass is 79.9. The second-order valence-electron chi connectivity index (χ2n) is 7.44. The average Bonchev–Trinajstić information content (AvgIpc) is 2.71. The molecule has 4 nitrogen and oxygen atoms in total. The summed E-state index contributed by atoms with van der Waals surface area (Å²) in [5.41, 5.74) is 2.26. The molecule has 1 aromatic carbocycles. The maximum absolute atomic E-state index is 12.5. The van der Waals surface area contributed by atoms with Crippen LogP contribution in [0.1, 0.15) is 51.9 Å². The molecule has 2 rings (SSSR count). The van der Waals surface area contributed by atoms with Gasteiger partial charge in [0, 0.05) is 8.95 Å². The topological polar surface area (TPSA) is 46.6 Å². The van der Waals surface area contributed by atoms with Gasteiger partial charge in [0.1, 0.15) is 6.73 Å². The van der Waals surface area contributed by atoms with E-state index in [0.29, 0.717) is 32.3 Å². The van der Waals surface area contributed by atoms with E-state index >= 15 is 0 Å². The smallest absolute Gasteiger partial charge is 0.301 e. The first-order valence-corrected chi connectivity index (χ1v) is 12.3. The summed E-state index contributed by atoms with van der Waals surface area (Å²) in [7, 11) is -2.12. The van der Waals surface area contributed by atoms with E-state index in [2.05, 4.69) is 73.4 Å². The van der Waals surface area contributed by atoms with E-state index in [4.69, 9.17) is 4.43 Å². The number of ketones is 1. The summed E-state index contributed by atoms with van der Waals surface area (Å²) in [5.74, 6) is -1.00. The first-order valence-electron chi connectivity index (χ1n) is 8.53. The molecule has 1 aliphatic heterocycles. The molecule has 7 heteroatoms. The zero-order valence-electron chi connectivity index (χ0n) is 15.5. The Labute approximate surface area is 167 Å². The van der Waals surface area contributed by atoms with Crippen LogP contribution in [-0.4, -0.2) is 26.7 Å². The van der Waals surface area contributed by atoms with Crippen molar-refractivity contribution in [2.45, 2.75) is 58.2 Å². The molecular formula is C18H25Br2NO3Si. The fraction of sp³-hybridized carbons (Fsp3) is 0.556. The van der Waals surface area contributed by atoms with Crippen molar-refractivity contribution in [3.8, 4) is 0 Å². The maximum Gasteiger partial charge on any atom is 0.301 e. The molecule has 0 N–H and O–H groups in total. The molecule has 0 saturated carbocycles. The van der Waals surface area contributed by atoms with Crippen LogP contribution in [0.25, 0.3) is 0 Å². The van der Waals surface area contributed by atoms with Gasteiger partial charge in [0.05, 0.1) is 11.3 Å². The predicted octanol–water partition coefficient (Wildman–Crippen LogP) is 5.89. The second kappa shape index (κ2) is 7.62. The number of hydrogen-bond acceptors (Lipinski definition) is 3. The summed E-state index contributed by atoms with van der Waals surface area (Å²) >= 11 is 6.82. The van der Waals surface area contributed by atoms with Gasteiger partial charge in [-0.25, -0.2) is 0 Å². The number of nitrogens with zero attached hydrogens (tertiary/aromatic N) is 1. The largest absolute Gasteiger partial charge is 0.398 e. The van der Waals surface area contributed by atoms with E-state index in [0.717, 1.165) is 4.47 Å². The molecule has 1 aromatic rings. The van der Waals surface area contributed by atoms with Crippen LogP contribution in [0.5, 0.6) is 0 Å². The predicted molar refractivity (Wildman–Crippen MR) is 111 cm³/mol. The van der Waals surface area contributed by atoms with E-state index in [-0.39, 0.29) is 6.73 Å². The SMILES string of the molecule is CC(C)[Si](OCN1C(=O)C(=O)c2c(Br)cc(Br)cc21)(C(C)C)C(C)C. The van der Waals surface area contributed by atoms with Crippen LogP contribution in [0, 0.1) is 0 Å². The van der Waals surface area contributed by atoms with E-state index < -0.39 is 20.0 Å². The van der Waals surface area contributed by atoms with Crippen molar-refractivity contribution < 1.29 is 14.0 Å². The van der Waals surface area contributed by atoms with Crippen molar-refractivity contribution >= 4 is 57.6 Å². The highest BCUT2D eigenvalue weighted by Gasteiger charge is 2.47. The van der Waals surface area contributed by atoms with Crippen molar-refractivity contribution in [1.29, 1.82) is 0 Å². The van der Waals surface area contributed by atoms with Gasteiger partial charge < -0.3 is 4.43 Å². The number of fused-ring (bicyclic) bond motifs is 1. The third-order valence-electron chi connectivity index (χ3n) is 5.14. The van der Waals surface area contributed by atoms with E-state index in [9.17, 15) is 9.59 Å². The van der Waals surface area contributed by atoms with Gasteiger partial charge in [0.2, 0.25) is 8.32 Å². The molecule has 1 amide bonds. The van der Waals surface area contributed by atoms with Gasteiger partial charge in [-0.05, 0) is 44.7 Å². The van der Waals surface area contributed by atoms with Crippen LogP contribution < -0.4 is 4.90 Å². The van der Waals surface area contributed by atoms with Gasteiger partial charge in [0.15, 0.2) is 0 Å². The highest BCUT2D eigenvalue weighted by molar-refractivity contribution is 9.11. The minimum atomic E-state index is -2.12. The van der Waals surface area contributed by atoms with Crippen molar-refractivity contribution in [2.75, 3.05) is 11.6 Å². The van der Waals surface area contributed by atoms with Gasteiger partial charge in [-0.2, -0.15) is 0 Å².